The highest BCUT2D eigenvalue weighted by atomic mass is 16.6. The Hall–Kier alpha value is -0.760. The molecule has 1 unspecified atom stereocenters. The second kappa shape index (κ2) is 5.07. The van der Waals surface area contributed by atoms with Gasteiger partial charge in [-0.25, -0.2) is 0 Å². The van der Waals surface area contributed by atoms with Crippen LogP contribution in [0.4, 0.5) is 0 Å². The van der Waals surface area contributed by atoms with Gasteiger partial charge in [-0.1, -0.05) is 13.0 Å². The van der Waals surface area contributed by atoms with Crippen molar-refractivity contribution >= 4 is 0 Å². The van der Waals surface area contributed by atoms with Crippen LogP contribution < -0.4 is 0 Å². The Kier molecular flexibility index (Phi) is 4.03. The quantitative estimate of drug-likeness (QED) is 0.370. The van der Waals surface area contributed by atoms with E-state index in [0.29, 0.717) is 12.7 Å². The van der Waals surface area contributed by atoms with Gasteiger partial charge in [0.25, 0.3) is 0 Å². The second-order valence-corrected chi connectivity index (χ2v) is 3.21. The van der Waals surface area contributed by atoms with E-state index in [1.54, 1.807) is 0 Å². The van der Waals surface area contributed by atoms with Crippen LogP contribution in [0.2, 0.25) is 0 Å². The van der Waals surface area contributed by atoms with Crippen LogP contribution in [0.1, 0.15) is 27.2 Å². The highest BCUT2D eigenvalue weighted by molar-refractivity contribution is 5.22. The van der Waals surface area contributed by atoms with Gasteiger partial charge in [-0.15, -0.1) is 0 Å². The molecule has 1 heterocycles. The van der Waals surface area contributed by atoms with Gasteiger partial charge in [0.05, 0.1) is 6.61 Å². The van der Waals surface area contributed by atoms with Gasteiger partial charge < -0.3 is 9.47 Å². The maximum Gasteiger partial charge on any atom is 0.117 e. The van der Waals surface area contributed by atoms with Gasteiger partial charge in [-0.05, 0) is 31.9 Å². The highest BCUT2D eigenvalue weighted by Gasteiger charge is 2.23. The summed E-state index contributed by atoms with van der Waals surface area (Å²) < 4.78 is 10.7. The lowest BCUT2D eigenvalue weighted by atomic mass is 10.2. The zero-order chi connectivity index (χ0) is 9.68. The molecule has 1 atom stereocenters. The van der Waals surface area contributed by atoms with Crippen molar-refractivity contribution in [3.05, 3.63) is 23.5 Å². The summed E-state index contributed by atoms with van der Waals surface area (Å²) in [5, 5.41) is 0. The number of hydrogen-bond acceptors (Lipinski definition) is 2. The van der Waals surface area contributed by atoms with Crippen LogP contribution in [0, 0.1) is 0 Å². The first-order valence-corrected chi connectivity index (χ1v) is 4.85. The standard InChI is InChI=1S/C11H18O2/c1-4-6-9(3)11(5-2)13-8-10-7-12-10/h5-6,10H,4,7-8H2,1-3H3/b9-6-,11-5+. The van der Waals surface area contributed by atoms with Crippen LogP contribution in [-0.4, -0.2) is 19.3 Å². The van der Waals surface area contributed by atoms with E-state index in [2.05, 4.69) is 19.9 Å². The first kappa shape index (κ1) is 10.3. The van der Waals surface area contributed by atoms with Crippen LogP contribution >= 0.6 is 0 Å². The van der Waals surface area contributed by atoms with E-state index < -0.39 is 0 Å². The van der Waals surface area contributed by atoms with E-state index >= 15 is 0 Å². The third-order valence-corrected chi connectivity index (χ3v) is 1.99. The van der Waals surface area contributed by atoms with Crippen molar-refractivity contribution in [3.63, 3.8) is 0 Å². The van der Waals surface area contributed by atoms with Crippen molar-refractivity contribution in [2.24, 2.45) is 0 Å². The molecule has 1 saturated heterocycles. The lowest BCUT2D eigenvalue weighted by Crippen LogP contribution is -2.02. The number of ether oxygens (including phenoxy) is 2. The minimum Gasteiger partial charge on any atom is -0.491 e. The van der Waals surface area contributed by atoms with E-state index in [4.69, 9.17) is 9.47 Å². The van der Waals surface area contributed by atoms with E-state index in [-0.39, 0.29) is 0 Å². The fraction of sp³-hybridized carbons (Fsp3) is 0.636. The SMILES string of the molecule is C/C=C(OCC1CO1)\C(C)=C/CC. The van der Waals surface area contributed by atoms with Crippen LogP contribution in [0.15, 0.2) is 23.5 Å². The fourth-order valence-electron chi connectivity index (χ4n) is 1.18. The van der Waals surface area contributed by atoms with Crippen molar-refractivity contribution in [1.29, 1.82) is 0 Å². The van der Waals surface area contributed by atoms with Crippen molar-refractivity contribution in [1.82, 2.24) is 0 Å². The summed E-state index contributed by atoms with van der Waals surface area (Å²) in [5.41, 5.74) is 1.21. The molecule has 1 aliphatic heterocycles. The molecule has 0 aromatic carbocycles. The van der Waals surface area contributed by atoms with Crippen LogP contribution in [0.3, 0.4) is 0 Å². The lowest BCUT2D eigenvalue weighted by molar-refractivity contribution is 0.189. The first-order valence-electron chi connectivity index (χ1n) is 4.85. The molecule has 0 spiro atoms. The average Bonchev–Trinajstić information content (AvgIpc) is 2.89. The van der Waals surface area contributed by atoms with Gasteiger partial charge in [-0.2, -0.15) is 0 Å². The summed E-state index contributed by atoms with van der Waals surface area (Å²) in [5.74, 6) is 0.984. The predicted octanol–water partition coefficient (Wildman–Crippen LogP) is 2.66. The number of allylic oxidation sites excluding steroid dienone is 3. The summed E-state index contributed by atoms with van der Waals surface area (Å²) in [7, 11) is 0. The van der Waals surface area contributed by atoms with Gasteiger partial charge in [0.1, 0.15) is 18.5 Å². The number of epoxide rings is 1. The molecule has 0 radical (unpaired) electrons. The topological polar surface area (TPSA) is 21.8 Å². The second-order valence-electron chi connectivity index (χ2n) is 3.21. The van der Waals surface area contributed by atoms with E-state index in [1.807, 2.05) is 13.0 Å². The Labute approximate surface area is 80.2 Å². The number of hydrogen-bond donors (Lipinski definition) is 0. The van der Waals surface area contributed by atoms with Gasteiger partial charge in [0, 0.05) is 0 Å². The molecule has 2 nitrogen and oxygen atoms in total. The molecule has 0 N–H and O–H groups in total. The lowest BCUT2D eigenvalue weighted by Gasteiger charge is -2.08. The van der Waals surface area contributed by atoms with Crippen molar-refractivity contribution in [3.8, 4) is 0 Å². The van der Waals surface area contributed by atoms with E-state index in [0.717, 1.165) is 18.8 Å². The highest BCUT2D eigenvalue weighted by Crippen LogP contribution is 2.16. The van der Waals surface area contributed by atoms with Crippen molar-refractivity contribution in [2.45, 2.75) is 33.3 Å². The van der Waals surface area contributed by atoms with E-state index in [9.17, 15) is 0 Å². The molecule has 0 aromatic rings. The van der Waals surface area contributed by atoms with Crippen molar-refractivity contribution in [2.75, 3.05) is 13.2 Å². The van der Waals surface area contributed by atoms with E-state index in [1.165, 1.54) is 5.57 Å². The molecule has 1 aliphatic rings. The zero-order valence-electron chi connectivity index (χ0n) is 8.67. The molecule has 2 heteroatoms. The predicted molar refractivity (Wildman–Crippen MR) is 53.5 cm³/mol. The normalized spacial score (nSPS) is 23.2. The molecule has 1 fully saturated rings. The van der Waals surface area contributed by atoms with Crippen LogP contribution in [0.25, 0.3) is 0 Å². The molecule has 0 saturated carbocycles. The Morgan fingerprint density at radius 3 is 2.77 bits per heavy atom. The van der Waals surface area contributed by atoms with Crippen molar-refractivity contribution < 1.29 is 9.47 Å². The Bertz CT molecular complexity index is 212. The Morgan fingerprint density at radius 2 is 2.31 bits per heavy atom. The van der Waals surface area contributed by atoms with Crippen LogP contribution in [0.5, 0.6) is 0 Å². The van der Waals surface area contributed by atoms with Gasteiger partial charge in [0.15, 0.2) is 0 Å². The fourth-order valence-corrected chi connectivity index (χ4v) is 1.18. The smallest absolute Gasteiger partial charge is 0.117 e. The Morgan fingerprint density at radius 1 is 1.62 bits per heavy atom. The van der Waals surface area contributed by atoms with Crippen LogP contribution in [-0.2, 0) is 9.47 Å². The van der Waals surface area contributed by atoms with Gasteiger partial charge in [0.2, 0.25) is 0 Å². The molecular formula is C11H18O2. The van der Waals surface area contributed by atoms with Gasteiger partial charge in [-0.3, -0.25) is 0 Å². The number of rotatable bonds is 5. The maximum absolute atomic E-state index is 5.60. The Balaban J connectivity index is 2.36. The molecule has 0 amide bonds. The first-order chi connectivity index (χ1) is 6.27. The third kappa shape index (κ3) is 3.64. The summed E-state index contributed by atoms with van der Waals surface area (Å²) >= 11 is 0. The third-order valence-electron chi connectivity index (χ3n) is 1.99. The summed E-state index contributed by atoms with van der Waals surface area (Å²) in [6.07, 6.45) is 5.56. The molecule has 0 bridgehead atoms. The molecular weight excluding hydrogens is 164 g/mol. The minimum absolute atomic E-state index is 0.337. The maximum atomic E-state index is 5.60. The molecule has 74 valence electrons. The molecule has 0 aliphatic carbocycles. The average molecular weight is 182 g/mol. The monoisotopic (exact) mass is 182 g/mol. The largest absolute Gasteiger partial charge is 0.491 e. The summed E-state index contributed by atoms with van der Waals surface area (Å²) in [6.45, 7) is 7.74. The summed E-state index contributed by atoms with van der Waals surface area (Å²) in [4.78, 5) is 0. The molecule has 0 aromatic heterocycles. The summed E-state index contributed by atoms with van der Waals surface area (Å²) in [6, 6.07) is 0. The van der Waals surface area contributed by atoms with Gasteiger partial charge >= 0.3 is 0 Å². The zero-order valence-corrected chi connectivity index (χ0v) is 8.67. The molecule has 13 heavy (non-hydrogen) atoms. The minimum atomic E-state index is 0.337. The molecule has 1 rings (SSSR count).